The summed E-state index contributed by atoms with van der Waals surface area (Å²) < 4.78 is 34.9. The molecule has 4 rings (SSSR count). The number of anilines is 1. The predicted molar refractivity (Wildman–Crippen MR) is 159 cm³/mol. The van der Waals surface area contributed by atoms with Gasteiger partial charge in [0.05, 0.1) is 63.1 Å². The summed E-state index contributed by atoms with van der Waals surface area (Å²) in [6.07, 6.45) is 0.720. The average Bonchev–Trinajstić information content (AvgIpc) is 2.97. The van der Waals surface area contributed by atoms with Gasteiger partial charge in [0.15, 0.2) is 0 Å². The molecule has 2 aliphatic rings. The third-order valence-electron chi connectivity index (χ3n) is 7.43. The van der Waals surface area contributed by atoms with Crippen molar-refractivity contribution in [3.05, 3.63) is 59.2 Å². The molecule has 0 aliphatic carbocycles. The molecule has 0 unspecified atom stereocenters. The van der Waals surface area contributed by atoms with E-state index in [1.165, 1.54) is 0 Å². The van der Waals surface area contributed by atoms with Crippen LogP contribution in [-0.2, 0) is 36.9 Å². The fourth-order valence-electron chi connectivity index (χ4n) is 5.34. The molecule has 1 fully saturated rings. The Morgan fingerprint density at radius 1 is 0.927 bits per heavy atom. The van der Waals surface area contributed by atoms with Crippen molar-refractivity contribution in [2.45, 2.75) is 57.2 Å². The van der Waals surface area contributed by atoms with Crippen LogP contribution in [0.1, 0.15) is 42.9 Å². The second kappa shape index (κ2) is 15.8. The van der Waals surface area contributed by atoms with Gasteiger partial charge in [-0.2, -0.15) is 0 Å². The maximum atomic E-state index is 10.3. The Kier molecular flexibility index (Phi) is 12.2. The molecule has 3 atom stereocenters. The third-order valence-corrected chi connectivity index (χ3v) is 7.43. The summed E-state index contributed by atoms with van der Waals surface area (Å²) in [5, 5.41) is 13.8. The van der Waals surface area contributed by atoms with Crippen LogP contribution in [0.4, 0.5) is 5.69 Å². The number of ether oxygens (including phenoxy) is 6. The van der Waals surface area contributed by atoms with Gasteiger partial charge in [-0.15, -0.1) is 0 Å². The highest BCUT2D eigenvalue weighted by molar-refractivity contribution is 5.61. The second-order valence-electron chi connectivity index (χ2n) is 11.5. The Hall–Kier alpha value is -2.24. The fourth-order valence-corrected chi connectivity index (χ4v) is 5.34. The van der Waals surface area contributed by atoms with Crippen LogP contribution < -0.4 is 15.0 Å². The van der Waals surface area contributed by atoms with E-state index < -0.39 is 5.60 Å². The van der Waals surface area contributed by atoms with Crippen molar-refractivity contribution in [3.8, 4) is 5.75 Å². The maximum absolute atomic E-state index is 10.3. The number of piperidine rings is 1. The molecule has 1 saturated heterocycles. The highest BCUT2D eigenvalue weighted by Gasteiger charge is 2.37. The first kappa shape index (κ1) is 31.7. The standard InChI is InChI=1S/C32H48N2O7/c1-32(2,35)23-41-30-20-33-19-29(31(30)26-9-6-24(7-10-26)21-38-17-16-37-4)40-22-25-8-11-28-27(18-25)34(13-15-39-28)12-5-14-36-3/h6-11,18,29-31,33,35H,5,12-17,19-23H2,1-4H3/t29-,30+,31+/m0/s1. The van der Waals surface area contributed by atoms with E-state index in [2.05, 4.69) is 52.7 Å². The first-order valence-electron chi connectivity index (χ1n) is 14.7. The summed E-state index contributed by atoms with van der Waals surface area (Å²) >= 11 is 0. The van der Waals surface area contributed by atoms with Crippen molar-refractivity contribution in [3.63, 3.8) is 0 Å². The number of rotatable bonds is 16. The first-order valence-corrected chi connectivity index (χ1v) is 14.7. The summed E-state index contributed by atoms with van der Waals surface area (Å²) in [6, 6.07) is 14.8. The van der Waals surface area contributed by atoms with E-state index in [0.29, 0.717) is 46.1 Å². The molecule has 9 heteroatoms. The number of fused-ring (bicyclic) bond motifs is 1. The number of benzene rings is 2. The van der Waals surface area contributed by atoms with Crippen molar-refractivity contribution in [1.29, 1.82) is 0 Å². The SMILES string of the molecule is COCCCN1CCOc2ccc(CO[C@H]3CNC[C@@H](OCC(C)(C)O)[C@@H]3c3ccc(COCCOC)cc3)cc21. The molecule has 2 N–H and O–H groups in total. The van der Waals surface area contributed by atoms with E-state index in [0.717, 1.165) is 54.2 Å². The number of nitrogens with one attached hydrogen (secondary N) is 1. The lowest BCUT2D eigenvalue weighted by Crippen LogP contribution is -2.51. The van der Waals surface area contributed by atoms with Gasteiger partial charge >= 0.3 is 0 Å². The number of aliphatic hydroxyl groups is 1. The van der Waals surface area contributed by atoms with Gasteiger partial charge in [0.2, 0.25) is 0 Å². The Morgan fingerprint density at radius 3 is 2.39 bits per heavy atom. The molecular weight excluding hydrogens is 524 g/mol. The molecule has 2 aliphatic heterocycles. The van der Waals surface area contributed by atoms with Gasteiger partial charge in [-0.3, -0.25) is 0 Å². The smallest absolute Gasteiger partial charge is 0.142 e. The van der Waals surface area contributed by atoms with E-state index in [-0.39, 0.29) is 24.7 Å². The van der Waals surface area contributed by atoms with E-state index in [4.69, 9.17) is 28.4 Å². The largest absolute Gasteiger partial charge is 0.490 e. The summed E-state index contributed by atoms with van der Waals surface area (Å²) in [4.78, 5) is 2.37. The van der Waals surface area contributed by atoms with Crippen LogP contribution >= 0.6 is 0 Å². The van der Waals surface area contributed by atoms with Gasteiger partial charge in [-0.05, 0) is 49.1 Å². The van der Waals surface area contributed by atoms with E-state index in [1.54, 1.807) is 28.1 Å². The minimum atomic E-state index is -0.915. The number of nitrogens with zero attached hydrogens (tertiary/aromatic N) is 1. The van der Waals surface area contributed by atoms with Crippen LogP contribution in [0.3, 0.4) is 0 Å². The fraction of sp³-hybridized carbons (Fsp3) is 0.625. The van der Waals surface area contributed by atoms with Gasteiger partial charge in [-0.25, -0.2) is 0 Å². The molecule has 2 heterocycles. The van der Waals surface area contributed by atoms with Crippen molar-refractivity contribution < 1.29 is 33.5 Å². The Labute approximate surface area is 245 Å². The monoisotopic (exact) mass is 572 g/mol. The lowest BCUT2D eigenvalue weighted by molar-refractivity contribution is -0.0964. The zero-order valence-corrected chi connectivity index (χ0v) is 25.1. The molecule has 0 amide bonds. The number of hydrogen-bond acceptors (Lipinski definition) is 9. The highest BCUT2D eigenvalue weighted by Crippen LogP contribution is 2.35. The van der Waals surface area contributed by atoms with Gasteiger partial charge in [0, 0.05) is 46.4 Å². The van der Waals surface area contributed by atoms with Gasteiger partial charge in [-0.1, -0.05) is 30.3 Å². The molecule has 0 bridgehead atoms. The molecule has 0 saturated carbocycles. The van der Waals surface area contributed by atoms with Crippen molar-refractivity contribution >= 4 is 5.69 Å². The minimum absolute atomic E-state index is 0.00793. The molecular formula is C32H48N2O7. The highest BCUT2D eigenvalue weighted by atomic mass is 16.5. The van der Waals surface area contributed by atoms with Crippen LogP contribution in [0.2, 0.25) is 0 Å². The quantitative estimate of drug-likeness (QED) is 0.293. The Bertz CT molecular complexity index is 1040. The Morgan fingerprint density at radius 2 is 1.66 bits per heavy atom. The number of methoxy groups -OCH3 is 2. The first-order chi connectivity index (χ1) is 19.9. The van der Waals surface area contributed by atoms with Crippen LogP contribution in [-0.4, -0.2) is 96.3 Å². The molecule has 9 nitrogen and oxygen atoms in total. The van der Waals surface area contributed by atoms with Gasteiger partial charge in [0.25, 0.3) is 0 Å². The van der Waals surface area contributed by atoms with Crippen LogP contribution in [0.5, 0.6) is 5.75 Å². The number of hydrogen-bond donors (Lipinski definition) is 2. The third kappa shape index (κ3) is 9.64. The summed E-state index contributed by atoms with van der Waals surface area (Å²) in [5.41, 5.74) is 3.56. The summed E-state index contributed by atoms with van der Waals surface area (Å²) in [7, 11) is 3.41. The molecule has 228 valence electrons. The van der Waals surface area contributed by atoms with Crippen LogP contribution in [0.25, 0.3) is 0 Å². The molecule has 41 heavy (non-hydrogen) atoms. The lowest BCUT2D eigenvalue weighted by atomic mass is 9.84. The van der Waals surface area contributed by atoms with E-state index >= 15 is 0 Å². The molecule has 2 aromatic rings. The molecule has 2 aromatic carbocycles. The lowest BCUT2D eigenvalue weighted by Gasteiger charge is -2.39. The molecule has 0 spiro atoms. The van der Waals surface area contributed by atoms with Gasteiger partial charge in [0.1, 0.15) is 12.4 Å². The Balaban J connectivity index is 1.47. The summed E-state index contributed by atoms with van der Waals surface area (Å²) in [5.74, 6) is 0.926. The summed E-state index contributed by atoms with van der Waals surface area (Å²) in [6.45, 7) is 10.6. The van der Waals surface area contributed by atoms with E-state index in [1.807, 2.05) is 0 Å². The topological polar surface area (TPSA) is 90.9 Å². The predicted octanol–water partition coefficient (Wildman–Crippen LogP) is 3.51. The maximum Gasteiger partial charge on any atom is 0.142 e. The second-order valence-corrected chi connectivity index (χ2v) is 11.5. The normalized spacial score (nSPS) is 21.0. The molecule has 0 radical (unpaired) electrons. The minimum Gasteiger partial charge on any atom is -0.490 e. The van der Waals surface area contributed by atoms with Crippen LogP contribution in [0.15, 0.2) is 42.5 Å². The van der Waals surface area contributed by atoms with Crippen molar-refractivity contribution in [1.82, 2.24) is 5.32 Å². The van der Waals surface area contributed by atoms with Crippen LogP contribution in [0, 0.1) is 0 Å². The average molecular weight is 573 g/mol. The van der Waals surface area contributed by atoms with Crippen molar-refractivity contribution in [2.24, 2.45) is 0 Å². The van der Waals surface area contributed by atoms with Crippen molar-refractivity contribution in [2.75, 3.05) is 78.3 Å². The van der Waals surface area contributed by atoms with E-state index in [9.17, 15) is 5.11 Å². The zero-order valence-electron chi connectivity index (χ0n) is 25.1. The zero-order chi connectivity index (χ0) is 29.1. The van der Waals surface area contributed by atoms with Gasteiger partial charge < -0.3 is 43.7 Å². The molecule has 0 aromatic heterocycles.